The normalized spacial score (nSPS) is 20.1. The van der Waals surface area contributed by atoms with Crippen LogP contribution in [-0.4, -0.2) is 24.0 Å². The summed E-state index contributed by atoms with van der Waals surface area (Å²) >= 11 is 0. The summed E-state index contributed by atoms with van der Waals surface area (Å²) in [7, 11) is 0. The van der Waals surface area contributed by atoms with E-state index >= 15 is 0 Å². The molecule has 1 aromatic heterocycles. The minimum Gasteiger partial charge on any atom is -0.464 e. The Labute approximate surface area is 87.3 Å². The molecule has 1 atom stereocenters. The van der Waals surface area contributed by atoms with Gasteiger partial charge in [-0.05, 0) is 19.1 Å². The molecule has 0 aliphatic carbocycles. The van der Waals surface area contributed by atoms with Crippen molar-refractivity contribution in [1.82, 2.24) is 10.2 Å². The van der Waals surface area contributed by atoms with Crippen molar-refractivity contribution < 1.29 is 9.21 Å². The predicted octanol–water partition coefficient (Wildman–Crippen LogP) is 1.18. The minimum absolute atomic E-state index is 0.113. The van der Waals surface area contributed by atoms with E-state index in [1.807, 2.05) is 25.1 Å². The maximum absolute atomic E-state index is 11.4. The van der Waals surface area contributed by atoms with Gasteiger partial charge >= 0.3 is 6.03 Å². The van der Waals surface area contributed by atoms with Gasteiger partial charge in [0.15, 0.2) is 0 Å². The van der Waals surface area contributed by atoms with Crippen LogP contribution in [0.15, 0.2) is 16.5 Å². The second-order valence-corrected chi connectivity index (χ2v) is 3.49. The van der Waals surface area contributed by atoms with E-state index in [-0.39, 0.29) is 18.6 Å². The number of furan rings is 1. The number of nitrogens with one attached hydrogen (secondary N) is 1. The quantitative estimate of drug-likeness (QED) is 0.737. The third-order valence-corrected chi connectivity index (χ3v) is 2.35. The van der Waals surface area contributed by atoms with Crippen molar-refractivity contribution in [2.75, 3.05) is 13.1 Å². The smallest absolute Gasteiger partial charge is 0.319 e. The summed E-state index contributed by atoms with van der Waals surface area (Å²) in [6.45, 7) is 2.45. The lowest BCUT2D eigenvalue weighted by Gasteiger charge is -2.08. The van der Waals surface area contributed by atoms with Gasteiger partial charge in [-0.1, -0.05) is 0 Å². The summed E-state index contributed by atoms with van der Waals surface area (Å²) in [5, 5.41) is 11.3. The van der Waals surface area contributed by atoms with Crippen LogP contribution in [0, 0.1) is 18.3 Å². The number of nitrogens with zero attached hydrogens (tertiary/aromatic N) is 2. The summed E-state index contributed by atoms with van der Waals surface area (Å²) in [5.41, 5.74) is 0. The van der Waals surface area contributed by atoms with Gasteiger partial charge in [0.25, 0.3) is 0 Å². The first-order valence-corrected chi connectivity index (χ1v) is 4.69. The van der Waals surface area contributed by atoms with Gasteiger partial charge in [-0.25, -0.2) is 4.79 Å². The van der Waals surface area contributed by atoms with Gasteiger partial charge in [-0.3, -0.25) is 0 Å². The first kappa shape index (κ1) is 9.59. The van der Waals surface area contributed by atoms with E-state index in [9.17, 15) is 4.79 Å². The molecule has 0 aromatic carbocycles. The molecule has 1 aliphatic heterocycles. The van der Waals surface area contributed by atoms with Crippen LogP contribution in [0.25, 0.3) is 0 Å². The molecule has 1 unspecified atom stereocenters. The molecule has 1 aliphatic rings. The number of hydrogen-bond donors (Lipinski definition) is 1. The molecule has 0 saturated carbocycles. The molecule has 0 radical (unpaired) electrons. The van der Waals surface area contributed by atoms with Gasteiger partial charge in [0.05, 0.1) is 12.6 Å². The Balaban J connectivity index is 2.09. The van der Waals surface area contributed by atoms with E-state index in [1.165, 1.54) is 4.90 Å². The molecule has 5 heteroatoms. The average molecular weight is 205 g/mol. The molecule has 15 heavy (non-hydrogen) atoms. The molecule has 1 fully saturated rings. The zero-order valence-electron chi connectivity index (χ0n) is 8.36. The average Bonchev–Trinajstić information content (AvgIpc) is 2.75. The van der Waals surface area contributed by atoms with Crippen molar-refractivity contribution in [3.63, 3.8) is 0 Å². The van der Waals surface area contributed by atoms with Crippen LogP contribution >= 0.6 is 0 Å². The molecule has 2 heterocycles. The van der Waals surface area contributed by atoms with Crippen molar-refractivity contribution in [2.45, 2.75) is 13.0 Å². The zero-order chi connectivity index (χ0) is 10.8. The van der Waals surface area contributed by atoms with Crippen LogP contribution in [0.3, 0.4) is 0 Å². The summed E-state index contributed by atoms with van der Waals surface area (Å²) in [5.74, 6) is 1.55. The topological polar surface area (TPSA) is 69.3 Å². The van der Waals surface area contributed by atoms with Crippen LogP contribution in [0.2, 0.25) is 0 Å². The lowest BCUT2D eigenvalue weighted by atomic mass is 10.2. The minimum atomic E-state index is -0.212. The van der Waals surface area contributed by atoms with Crippen molar-refractivity contribution in [2.24, 2.45) is 0 Å². The molecule has 2 rings (SSSR count). The highest BCUT2D eigenvalue weighted by atomic mass is 16.3. The molecule has 0 bridgehead atoms. The molecule has 78 valence electrons. The summed E-state index contributed by atoms with van der Waals surface area (Å²) in [6, 6.07) is 5.30. The Kier molecular flexibility index (Phi) is 2.34. The predicted molar refractivity (Wildman–Crippen MR) is 51.9 cm³/mol. The van der Waals surface area contributed by atoms with Crippen LogP contribution in [0.1, 0.15) is 17.6 Å². The van der Waals surface area contributed by atoms with Gasteiger partial charge in [0.1, 0.15) is 24.1 Å². The number of rotatable bonds is 2. The highest BCUT2D eigenvalue weighted by Gasteiger charge is 2.31. The van der Waals surface area contributed by atoms with Crippen molar-refractivity contribution >= 4 is 6.03 Å². The Hall–Kier alpha value is -1.96. The Bertz CT molecular complexity index is 419. The van der Waals surface area contributed by atoms with E-state index in [0.29, 0.717) is 6.54 Å². The van der Waals surface area contributed by atoms with E-state index in [0.717, 1.165) is 11.5 Å². The molecular weight excluding hydrogens is 194 g/mol. The number of aryl methyl sites for hydroxylation is 1. The van der Waals surface area contributed by atoms with Gasteiger partial charge in [0.2, 0.25) is 0 Å². The number of amides is 2. The number of carbonyl (C=O) groups excluding carboxylic acids is 1. The van der Waals surface area contributed by atoms with Gasteiger partial charge in [0, 0.05) is 0 Å². The van der Waals surface area contributed by atoms with Crippen LogP contribution < -0.4 is 5.32 Å². The standard InChI is InChI=1S/C10H11N3O2/c1-7-2-3-9(15-7)8-6-13(5-4-11)10(14)12-8/h2-3,8H,5-6H2,1H3,(H,12,14). The maximum Gasteiger partial charge on any atom is 0.319 e. The summed E-state index contributed by atoms with van der Waals surface area (Å²) in [6.07, 6.45) is 0. The van der Waals surface area contributed by atoms with Crippen LogP contribution in [-0.2, 0) is 0 Å². The molecule has 2 amide bonds. The first-order chi connectivity index (χ1) is 7.20. The Morgan fingerprint density at radius 2 is 2.53 bits per heavy atom. The molecule has 1 N–H and O–H groups in total. The summed E-state index contributed by atoms with van der Waals surface area (Å²) in [4.78, 5) is 12.8. The maximum atomic E-state index is 11.4. The zero-order valence-corrected chi connectivity index (χ0v) is 8.36. The summed E-state index contributed by atoms with van der Waals surface area (Å²) < 4.78 is 5.42. The van der Waals surface area contributed by atoms with Crippen molar-refractivity contribution in [3.05, 3.63) is 23.7 Å². The fourth-order valence-electron chi connectivity index (χ4n) is 1.61. The van der Waals surface area contributed by atoms with E-state index in [2.05, 4.69) is 5.32 Å². The molecular formula is C10H11N3O2. The highest BCUT2D eigenvalue weighted by molar-refractivity contribution is 5.77. The Morgan fingerprint density at radius 1 is 1.73 bits per heavy atom. The number of carbonyl (C=O) groups is 1. The fraction of sp³-hybridized carbons (Fsp3) is 0.400. The van der Waals surface area contributed by atoms with Crippen molar-refractivity contribution in [3.8, 4) is 6.07 Å². The fourth-order valence-corrected chi connectivity index (χ4v) is 1.61. The molecule has 1 saturated heterocycles. The first-order valence-electron chi connectivity index (χ1n) is 4.69. The lowest BCUT2D eigenvalue weighted by Crippen LogP contribution is -2.28. The Morgan fingerprint density at radius 3 is 3.13 bits per heavy atom. The second-order valence-electron chi connectivity index (χ2n) is 3.49. The largest absolute Gasteiger partial charge is 0.464 e. The van der Waals surface area contributed by atoms with E-state index in [4.69, 9.17) is 9.68 Å². The van der Waals surface area contributed by atoms with Gasteiger partial charge in [-0.15, -0.1) is 0 Å². The molecule has 0 spiro atoms. The van der Waals surface area contributed by atoms with E-state index < -0.39 is 0 Å². The van der Waals surface area contributed by atoms with Gasteiger partial charge in [-0.2, -0.15) is 5.26 Å². The third-order valence-electron chi connectivity index (χ3n) is 2.35. The third kappa shape index (κ3) is 1.79. The van der Waals surface area contributed by atoms with Crippen LogP contribution in [0.4, 0.5) is 4.79 Å². The monoisotopic (exact) mass is 205 g/mol. The van der Waals surface area contributed by atoms with Gasteiger partial charge < -0.3 is 14.6 Å². The van der Waals surface area contributed by atoms with Crippen molar-refractivity contribution in [1.29, 1.82) is 5.26 Å². The second kappa shape index (κ2) is 3.65. The van der Waals surface area contributed by atoms with Crippen LogP contribution in [0.5, 0.6) is 0 Å². The lowest BCUT2D eigenvalue weighted by molar-refractivity contribution is 0.222. The number of urea groups is 1. The molecule has 5 nitrogen and oxygen atoms in total. The highest BCUT2D eigenvalue weighted by Crippen LogP contribution is 2.21. The number of nitriles is 1. The SMILES string of the molecule is Cc1ccc(C2CN(CC#N)C(=O)N2)o1. The number of hydrogen-bond acceptors (Lipinski definition) is 3. The van der Waals surface area contributed by atoms with E-state index in [1.54, 1.807) is 0 Å². The molecule has 1 aromatic rings.